The van der Waals surface area contributed by atoms with Gasteiger partial charge in [-0.25, -0.2) is 4.98 Å². The molecule has 0 N–H and O–H groups in total. The van der Waals surface area contributed by atoms with E-state index in [1.54, 1.807) is 25.6 Å². The van der Waals surface area contributed by atoms with Gasteiger partial charge in [-0.05, 0) is 18.2 Å². The van der Waals surface area contributed by atoms with Crippen LogP contribution in [0.5, 0.6) is 11.5 Å². The summed E-state index contributed by atoms with van der Waals surface area (Å²) in [4.78, 5) is 7.12. The molecule has 22 heavy (non-hydrogen) atoms. The Morgan fingerprint density at radius 1 is 1.18 bits per heavy atom. The molecule has 0 bridgehead atoms. The van der Waals surface area contributed by atoms with Gasteiger partial charge in [0.1, 0.15) is 5.01 Å². The maximum Gasteiger partial charge on any atom is 0.161 e. The lowest BCUT2D eigenvalue weighted by Crippen LogP contribution is -2.35. The van der Waals surface area contributed by atoms with Crippen molar-refractivity contribution in [2.75, 3.05) is 40.5 Å². The van der Waals surface area contributed by atoms with Crippen LogP contribution in [0.2, 0.25) is 0 Å². The molecule has 1 fully saturated rings. The van der Waals surface area contributed by atoms with Crippen molar-refractivity contribution in [3.63, 3.8) is 0 Å². The van der Waals surface area contributed by atoms with Crippen LogP contribution in [0.4, 0.5) is 0 Å². The van der Waals surface area contributed by atoms with Crippen molar-refractivity contribution in [3.8, 4) is 22.8 Å². The fourth-order valence-electron chi connectivity index (χ4n) is 2.46. The van der Waals surface area contributed by atoms with E-state index in [0.717, 1.165) is 60.6 Å². The normalized spacial score (nSPS) is 15.7. The molecular formula is C16H20N2O3S. The first kappa shape index (κ1) is 15.3. The van der Waals surface area contributed by atoms with Gasteiger partial charge in [0.15, 0.2) is 11.5 Å². The number of morpholine rings is 1. The summed E-state index contributed by atoms with van der Waals surface area (Å²) >= 11 is 1.70. The lowest BCUT2D eigenvalue weighted by Gasteiger charge is -2.25. The molecule has 1 aliphatic heterocycles. The van der Waals surface area contributed by atoms with Crippen molar-refractivity contribution in [1.82, 2.24) is 9.88 Å². The van der Waals surface area contributed by atoms with Crippen molar-refractivity contribution in [2.45, 2.75) is 6.54 Å². The number of rotatable bonds is 5. The fraction of sp³-hybridized carbons (Fsp3) is 0.438. The predicted molar refractivity (Wildman–Crippen MR) is 86.8 cm³/mol. The summed E-state index contributed by atoms with van der Waals surface area (Å²) in [5.74, 6) is 1.46. The van der Waals surface area contributed by atoms with E-state index < -0.39 is 0 Å². The molecule has 1 aliphatic rings. The topological polar surface area (TPSA) is 43.8 Å². The highest BCUT2D eigenvalue weighted by Gasteiger charge is 2.14. The lowest BCUT2D eigenvalue weighted by atomic mass is 10.1. The highest BCUT2D eigenvalue weighted by molar-refractivity contribution is 7.09. The molecule has 3 rings (SSSR count). The molecule has 0 amide bonds. The van der Waals surface area contributed by atoms with Crippen LogP contribution in [-0.4, -0.2) is 50.4 Å². The van der Waals surface area contributed by atoms with Gasteiger partial charge in [-0.3, -0.25) is 4.90 Å². The number of hydrogen-bond donors (Lipinski definition) is 0. The third-order valence-electron chi connectivity index (χ3n) is 3.69. The zero-order chi connectivity index (χ0) is 15.4. The third-order valence-corrected chi connectivity index (χ3v) is 4.53. The summed E-state index contributed by atoms with van der Waals surface area (Å²) in [5, 5.41) is 3.23. The van der Waals surface area contributed by atoms with Crippen LogP contribution < -0.4 is 9.47 Å². The number of ether oxygens (including phenoxy) is 3. The van der Waals surface area contributed by atoms with Crippen molar-refractivity contribution in [3.05, 3.63) is 28.6 Å². The number of thiazole rings is 1. The van der Waals surface area contributed by atoms with Crippen molar-refractivity contribution >= 4 is 11.3 Å². The minimum absolute atomic E-state index is 0.725. The fourth-order valence-corrected chi connectivity index (χ4v) is 3.31. The molecule has 0 spiro atoms. The Bertz CT molecular complexity index is 624. The summed E-state index contributed by atoms with van der Waals surface area (Å²) in [6.45, 7) is 4.47. The van der Waals surface area contributed by atoms with Crippen LogP contribution in [0.1, 0.15) is 5.01 Å². The quantitative estimate of drug-likeness (QED) is 0.847. The zero-order valence-corrected chi connectivity index (χ0v) is 13.7. The van der Waals surface area contributed by atoms with Crippen molar-refractivity contribution in [1.29, 1.82) is 0 Å². The van der Waals surface area contributed by atoms with Crippen molar-refractivity contribution in [2.24, 2.45) is 0 Å². The summed E-state index contributed by atoms with van der Waals surface area (Å²) < 4.78 is 16.0. The molecule has 6 heteroatoms. The largest absolute Gasteiger partial charge is 0.493 e. The molecule has 5 nitrogen and oxygen atoms in total. The van der Waals surface area contributed by atoms with Crippen LogP contribution in [0, 0.1) is 0 Å². The first-order valence-corrected chi connectivity index (χ1v) is 8.15. The number of hydrogen-bond acceptors (Lipinski definition) is 6. The van der Waals surface area contributed by atoms with Gasteiger partial charge in [-0.2, -0.15) is 0 Å². The number of benzene rings is 1. The Balaban J connectivity index is 1.75. The van der Waals surface area contributed by atoms with E-state index >= 15 is 0 Å². The Morgan fingerprint density at radius 3 is 2.68 bits per heavy atom. The summed E-state index contributed by atoms with van der Waals surface area (Å²) in [7, 11) is 3.29. The first-order chi connectivity index (χ1) is 10.8. The predicted octanol–water partition coefficient (Wildman–Crippen LogP) is 2.66. The Hall–Kier alpha value is -1.63. The summed E-state index contributed by atoms with van der Waals surface area (Å²) in [6.07, 6.45) is 0. The van der Waals surface area contributed by atoms with E-state index in [1.165, 1.54) is 0 Å². The van der Waals surface area contributed by atoms with E-state index in [2.05, 4.69) is 10.3 Å². The molecule has 1 aromatic heterocycles. The highest BCUT2D eigenvalue weighted by Crippen LogP contribution is 2.32. The number of nitrogens with zero attached hydrogens (tertiary/aromatic N) is 2. The van der Waals surface area contributed by atoms with Crippen LogP contribution in [-0.2, 0) is 11.3 Å². The Labute approximate surface area is 134 Å². The molecule has 0 unspecified atom stereocenters. The van der Waals surface area contributed by atoms with Crippen molar-refractivity contribution < 1.29 is 14.2 Å². The molecule has 0 saturated carbocycles. The van der Waals surface area contributed by atoms with E-state index in [0.29, 0.717) is 0 Å². The Morgan fingerprint density at radius 2 is 1.95 bits per heavy atom. The van der Waals surface area contributed by atoms with E-state index in [9.17, 15) is 0 Å². The average Bonchev–Trinajstić information content (AvgIpc) is 3.03. The molecule has 1 saturated heterocycles. The first-order valence-electron chi connectivity index (χ1n) is 7.27. The molecule has 0 aliphatic carbocycles. The number of methoxy groups -OCH3 is 2. The zero-order valence-electron chi connectivity index (χ0n) is 12.9. The lowest BCUT2D eigenvalue weighted by molar-refractivity contribution is 0.0342. The summed E-state index contributed by atoms with van der Waals surface area (Å²) in [5.41, 5.74) is 2.02. The molecule has 0 radical (unpaired) electrons. The Kier molecular flexibility index (Phi) is 4.92. The SMILES string of the molecule is COc1ccc(-c2csc(CN3CCOCC3)n2)cc1OC. The van der Waals surface area contributed by atoms with Gasteiger partial charge in [-0.15, -0.1) is 11.3 Å². The van der Waals surface area contributed by atoms with Crippen LogP contribution in [0.15, 0.2) is 23.6 Å². The standard InChI is InChI=1S/C16H20N2O3S/c1-19-14-4-3-12(9-15(14)20-2)13-11-22-16(17-13)10-18-5-7-21-8-6-18/h3-4,9,11H,5-8,10H2,1-2H3. The van der Waals surface area contributed by atoms with E-state index in [4.69, 9.17) is 19.2 Å². The van der Waals surface area contributed by atoms with E-state index in [-0.39, 0.29) is 0 Å². The molecule has 2 heterocycles. The number of aromatic nitrogens is 1. The second-order valence-electron chi connectivity index (χ2n) is 5.08. The molecule has 2 aromatic rings. The molecule has 118 valence electrons. The average molecular weight is 320 g/mol. The molecule has 1 aromatic carbocycles. The summed E-state index contributed by atoms with van der Waals surface area (Å²) in [6, 6.07) is 5.89. The van der Waals surface area contributed by atoms with Gasteiger partial charge in [0, 0.05) is 24.0 Å². The van der Waals surface area contributed by atoms with Crippen LogP contribution in [0.3, 0.4) is 0 Å². The van der Waals surface area contributed by atoms with Crippen LogP contribution >= 0.6 is 11.3 Å². The maximum atomic E-state index is 5.37. The van der Waals surface area contributed by atoms with Gasteiger partial charge < -0.3 is 14.2 Å². The van der Waals surface area contributed by atoms with E-state index in [1.807, 2.05) is 18.2 Å². The minimum atomic E-state index is 0.725. The smallest absolute Gasteiger partial charge is 0.161 e. The van der Waals surface area contributed by atoms with Crippen LogP contribution in [0.25, 0.3) is 11.3 Å². The van der Waals surface area contributed by atoms with Gasteiger partial charge in [-0.1, -0.05) is 0 Å². The van der Waals surface area contributed by atoms with Gasteiger partial charge in [0.05, 0.1) is 39.7 Å². The maximum absolute atomic E-state index is 5.37. The highest BCUT2D eigenvalue weighted by atomic mass is 32.1. The second kappa shape index (κ2) is 7.09. The molecule has 0 atom stereocenters. The second-order valence-corrected chi connectivity index (χ2v) is 6.03. The monoisotopic (exact) mass is 320 g/mol. The van der Waals surface area contributed by atoms with Gasteiger partial charge in [0.2, 0.25) is 0 Å². The van der Waals surface area contributed by atoms with Gasteiger partial charge in [0.25, 0.3) is 0 Å². The minimum Gasteiger partial charge on any atom is -0.493 e. The third kappa shape index (κ3) is 3.40. The van der Waals surface area contributed by atoms with Gasteiger partial charge >= 0.3 is 0 Å². The molecular weight excluding hydrogens is 300 g/mol.